The van der Waals surface area contributed by atoms with Gasteiger partial charge in [0.2, 0.25) is 10.0 Å². The number of nitriles is 1. The molecule has 0 bridgehead atoms. The van der Waals surface area contributed by atoms with Gasteiger partial charge in [0.1, 0.15) is 11.9 Å². The SMILES string of the molecule is Cc1cccc(CN2CCc3c(sc(CC(=O)Cc4ccc(S(N)(=O)=O)cc4)c3C#N)C2)c1. The fraction of sp³-hybridized carbons (Fsp3) is 0.280. The Morgan fingerprint density at radius 1 is 1.15 bits per heavy atom. The second-order valence-electron chi connectivity index (χ2n) is 8.44. The Hall–Kier alpha value is -2.83. The molecule has 0 amide bonds. The highest BCUT2D eigenvalue weighted by Crippen LogP contribution is 2.34. The van der Waals surface area contributed by atoms with Crippen LogP contribution in [0, 0.1) is 18.3 Å². The van der Waals surface area contributed by atoms with Crippen LogP contribution in [0.1, 0.15) is 37.6 Å². The minimum Gasteiger partial charge on any atom is -0.299 e. The number of sulfonamides is 1. The molecule has 0 unspecified atom stereocenters. The van der Waals surface area contributed by atoms with Crippen LogP contribution in [-0.4, -0.2) is 25.6 Å². The molecule has 0 radical (unpaired) electrons. The lowest BCUT2D eigenvalue weighted by atomic mass is 9.99. The number of Topliss-reactive ketones (excluding diaryl/α,β-unsaturated/α-hetero) is 1. The Balaban J connectivity index is 1.44. The van der Waals surface area contributed by atoms with Crippen LogP contribution in [0.3, 0.4) is 0 Å². The van der Waals surface area contributed by atoms with Crippen molar-refractivity contribution in [3.63, 3.8) is 0 Å². The van der Waals surface area contributed by atoms with Crippen molar-refractivity contribution in [2.45, 2.75) is 44.2 Å². The van der Waals surface area contributed by atoms with Gasteiger partial charge in [-0.2, -0.15) is 5.26 Å². The van der Waals surface area contributed by atoms with Gasteiger partial charge in [0.25, 0.3) is 0 Å². The highest BCUT2D eigenvalue weighted by Gasteiger charge is 2.25. The molecule has 8 heteroatoms. The van der Waals surface area contributed by atoms with Crippen molar-refractivity contribution in [3.05, 3.63) is 86.1 Å². The van der Waals surface area contributed by atoms with E-state index in [1.807, 2.05) is 0 Å². The van der Waals surface area contributed by atoms with Crippen LogP contribution in [-0.2, 0) is 47.2 Å². The van der Waals surface area contributed by atoms with E-state index in [4.69, 9.17) is 5.14 Å². The third-order valence-corrected chi connectivity index (χ3v) is 7.97. The first-order valence-corrected chi connectivity index (χ1v) is 13.0. The number of benzene rings is 2. The smallest absolute Gasteiger partial charge is 0.238 e. The molecule has 4 rings (SSSR count). The predicted molar refractivity (Wildman–Crippen MR) is 128 cm³/mol. The molecule has 6 nitrogen and oxygen atoms in total. The zero-order valence-electron chi connectivity index (χ0n) is 18.4. The van der Waals surface area contributed by atoms with Crippen LogP contribution in [0.4, 0.5) is 0 Å². The van der Waals surface area contributed by atoms with Gasteiger partial charge in [0, 0.05) is 42.2 Å². The van der Waals surface area contributed by atoms with Gasteiger partial charge in [-0.05, 0) is 42.2 Å². The van der Waals surface area contributed by atoms with E-state index in [2.05, 4.69) is 42.2 Å². The number of rotatable bonds is 7. The van der Waals surface area contributed by atoms with Gasteiger partial charge in [-0.25, -0.2) is 13.6 Å². The van der Waals surface area contributed by atoms with Crippen molar-refractivity contribution in [1.29, 1.82) is 5.26 Å². The summed E-state index contributed by atoms with van der Waals surface area (Å²) in [6.07, 6.45) is 1.19. The van der Waals surface area contributed by atoms with Crippen LogP contribution in [0.25, 0.3) is 0 Å². The number of primary sulfonamides is 1. The molecule has 1 aromatic heterocycles. The van der Waals surface area contributed by atoms with Gasteiger partial charge in [-0.1, -0.05) is 42.0 Å². The monoisotopic (exact) mass is 479 g/mol. The summed E-state index contributed by atoms with van der Waals surface area (Å²) >= 11 is 1.57. The number of aryl methyl sites for hydroxylation is 1. The Kier molecular flexibility index (Phi) is 6.77. The summed E-state index contributed by atoms with van der Waals surface area (Å²) < 4.78 is 22.8. The molecule has 170 valence electrons. The first-order chi connectivity index (χ1) is 15.7. The van der Waals surface area contributed by atoms with Crippen molar-refractivity contribution in [1.82, 2.24) is 4.90 Å². The van der Waals surface area contributed by atoms with Crippen LogP contribution in [0.2, 0.25) is 0 Å². The lowest BCUT2D eigenvalue weighted by molar-refractivity contribution is -0.117. The number of hydrogen-bond donors (Lipinski definition) is 1. The summed E-state index contributed by atoms with van der Waals surface area (Å²) in [6, 6.07) is 16.9. The Morgan fingerprint density at radius 2 is 1.91 bits per heavy atom. The molecule has 0 aliphatic carbocycles. The predicted octanol–water partition coefficient (Wildman–Crippen LogP) is 3.49. The normalized spacial score (nSPS) is 14.0. The van der Waals surface area contributed by atoms with E-state index in [-0.39, 0.29) is 23.5 Å². The molecule has 0 spiro atoms. The van der Waals surface area contributed by atoms with Gasteiger partial charge >= 0.3 is 0 Å². The number of ketones is 1. The Morgan fingerprint density at radius 3 is 2.58 bits per heavy atom. The molecule has 2 aromatic carbocycles. The third kappa shape index (κ3) is 5.57. The summed E-state index contributed by atoms with van der Waals surface area (Å²) in [5, 5.41) is 14.9. The first-order valence-electron chi connectivity index (χ1n) is 10.7. The number of carbonyl (C=O) groups excluding carboxylic acids is 1. The Bertz CT molecular complexity index is 1340. The van der Waals surface area contributed by atoms with Crippen molar-refractivity contribution in [2.24, 2.45) is 5.14 Å². The van der Waals surface area contributed by atoms with Gasteiger partial charge in [-0.3, -0.25) is 9.69 Å². The molecule has 2 N–H and O–H groups in total. The number of fused-ring (bicyclic) bond motifs is 1. The lowest BCUT2D eigenvalue weighted by Gasteiger charge is -2.27. The Labute approximate surface area is 198 Å². The number of hydrogen-bond acceptors (Lipinski definition) is 6. The molecule has 0 atom stereocenters. The maximum atomic E-state index is 12.7. The van der Waals surface area contributed by atoms with Crippen molar-refractivity contribution >= 4 is 27.1 Å². The lowest BCUT2D eigenvalue weighted by Crippen LogP contribution is -2.29. The average Bonchev–Trinajstić information content (AvgIpc) is 3.09. The van der Waals surface area contributed by atoms with Crippen LogP contribution in [0.5, 0.6) is 0 Å². The van der Waals surface area contributed by atoms with Crippen LogP contribution in [0.15, 0.2) is 53.4 Å². The molecule has 1 aliphatic rings. The van der Waals surface area contributed by atoms with Gasteiger partial charge in [0.05, 0.1) is 10.5 Å². The number of thiophene rings is 1. The van der Waals surface area contributed by atoms with E-state index in [1.165, 1.54) is 28.1 Å². The van der Waals surface area contributed by atoms with E-state index in [0.29, 0.717) is 5.56 Å². The summed E-state index contributed by atoms with van der Waals surface area (Å²) in [5.41, 5.74) is 4.98. The molecule has 33 heavy (non-hydrogen) atoms. The fourth-order valence-electron chi connectivity index (χ4n) is 4.24. The van der Waals surface area contributed by atoms with Crippen LogP contribution < -0.4 is 5.14 Å². The summed E-state index contributed by atoms with van der Waals surface area (Å²) in [7, 11) is -3.76. The molecule has 0 fully saturated rings. The van der Waals surface area contributed by atoms with E-state index in [1.54, 1.807) is 23.5 Å². The average molecular weight is 480 g/mol. The standard InChI is InChI=1S/C25H25N3O3S2/c1-17-3-2-4-19(11-17)15-28-10-9-22-23(14-26)24(32-25(22)16-28)13-20(29)12-18-5-7-21(8-6-18)33(27,30)31/h2-8,11H,9-10,12-13,15-16H2,1H3,(H2,27,30,31). The molecular weight excluding hydrogens is 454 g/mol. The topological polar surface area (TPSA) is 104 Å². The molecular formula is C25H25N3O3S2. The summed E-state index contributed by atoms with van der Waals surface area (Å²) in [4.78, 5) is 17.1. The largest absolute Gasteiger partial charge is 0.299 e. The molecule has 3 aromatic rings. The quantitative estimate of drug-likeness (QED) is 0.559. The highest BCUT2D eigenvalue weighted by atomic mass is 32.2. The maximum absolute atomic E-state index is 12.7. The second-order valence-corrected chi connectivity index (χ2v) is 11.2. The fourth-order valence-corrected chi connectivity index (χ4v) is 6.13. The summed E-state index contributed by atoms with van der Waals surface area (Å²) in [6.45, 7) is 4.62. The highest BCUT2D eigenvalue weighted by molar-refractivity contribution is 7.89. The van der Waals surface area contributed by atoms with E-state index < -0.39 is 10.0 Å². The van der Waals surface area contributed by atoms with Gasteiger partial charge in [-0.15, -0.1) is 11.3 Å². The second kappa shape index (κ2) is 9.57. The van der Waals surface area contributed by atoms with E-state index >= 15 is 0 Å². The van der Waals surface area contributed by atoms with Crippen molar-refractivity contribution < 1.29 is 13.2 Å². The molecule has 0 saturated heterocycles. The number of nitrogens with two attached hydrogens (primary N) is 1. The summed E-state index contributed by atoms with van der Waals surface area (Å²) in [5.74, 6) is -0.00919. The third-order valence-electron chi connectivity index (χ3n) is 5.82. The maximum Gasteiger partial charge on any atom is 0.238 e. The minimum absolute atomic E-state index is 0.00919. The zero-order valence-corrected chi connectivity index (χ0v) is 20.0. The van der Waals surface area contributed by atoms with Gasteiger partial charge < -0.3 is 0 Å². The van der Waals surface area contributed by atoms with E-state index in [0.717, 1.165) is 42.1 Å². The van der Waals surface area contributed by atoms with Gasteiger partial charge in [0.15, 0.2) is 0 Å². The minimum atomic E-state index is -3.76. The molecule has 0 saturated carbocycles. The van der Waals surface area contributed by atoms with Crippen molar-refractivity contribution in [3.8, 4) is 6.07 Å². The number of nitrogens with zero attached hydrogens (tertiary/aromatic N) is 2. The number of carbonyl (C=O) groups is 1. The van der Waals surface area contributed by atoms with E-state index in [9.17, 15) is 18.5 Å². The first kappa shape index (κ1) is 23.3. The molecule has 2 heterocycles. The van der Waals surface area contributed by atoms with Crippen LogP contribution >= 0.6 is 11.3 Å². The molecule has 1 aliphatic heterocycles. The zero-order chi connectivity index (χ0) is 23.6. The van der Waals surface area contributed by atoms with Crippen molar-refractivity contribution in [2.75, 3.05) is 6.54 Å².